The largest absolute Gasteiger partial charge is 0.505 e. The van der Waals surface area contributed by atoms with Crippen molar-refractivity contribution in [3.63, 3.8) is 0 Å². The predicted octanol–water partition coefficient (Wildman–Crippen LogP) is 2.39. The van der Waals surface area contributed by atoms with Crippen LogP contribution in [0.1, 0.15) is 35.7 Å². The van der Waals surface area contributed by atoms with E-state index in [4.69, 9.17) is 15.3 Å². The lowest BCUT2D eigenvalue weighted by Crippen LogP contribution is -2.49. The van der Waals surface area contributed by atoms with Crippen molar-refractivity contribution >= 4 is 25.9 Å². The lowest BCUT2D eigenvalue weighted by atomic mass is 9.80. The number of cyclic esters (lactones) is 1. The summed E-state index contributed by atoms with van der Waals surface area (Å²) in [4.78, 5) is 20.1. The number of carbonyl (C=O) groups excluding carboxylic acids is 1. The van der Waals surface area contributed by atoms with E-state index in [1.165, 1.54) is 11.1 Å². The van der Waals surface area contributed by atoms with Gasteiger partial charge in [-0.05, 0) is 46.7 Å². The van der Waals surface area contributed by atoms with Gasteiger partial charge in [-0.15, -0.1) is 0 Å². The minimum atomic E-state index is -1.74. The molecule has 3 aliphatic rings. The highest BCUT2D eigenvalue weighted by molar-refractivity contribution is 6.77. The Kier molecular flexibility index (Phi) is 5.62. The van der Waals surface area contributed by atoms with Crippen LogP contribution in [0.25, 0.3) is 22.3 Å². The molecule has 10 heteroatoms. The molecule has 0 saturated carbocycles. The number of fused-ring (bicyclic) bond motifs is 4. The van der Waals surface area contributed by atoms with Crippen molar-refractivity contribution in [3.8, 4) is 0 Å². The highest BCUT2D eigenvalue weighted by Gasteiger charge is 2.47. The first-order chi connectivity index (χ1) is 16.7. The molecule has 2 aliphatic heterocycles. The molecule has 9 nitrogen and oxygen atoms in total. The molecule has 0 amide bonds. The molecule has 35 heavy (non-hydrogen) atoms. The lowest BCUT2D eigenvalue weighted by molar-refractivity contribution is -0.163. The van der Waals surface area contributed by atoms with Gasteiger partial charge in [-0.3, -0.25) is 0 Å². The minimum absolute atomic E-state index is 0.0246. The van der Waals surface area contributed by atoms with Gasteiger partial charge in [-0.1, -0.05) is 49.4 Å². The summed E-state index contributed by atoms with van der Waals surface area (Å²) in [5, 5.41) is 26.7. The highest BCUT2D eigenvalue weighted by atomic mass is 28.3. The van der Waals surface area contributed by atoms with Crippen LogP contribution in [0, 0.1) is 0 Å². The van der Waals surface area contributed by atoms with Crippen molar-refractivity contribution in [2.24, 2.45) is 5.11 Å². The molecule has 0 fully saturated rings. The van der Waals surface area contributed by atoms with Crippen molar-refractivity contribution in [2.45, 2.75) is 57.5 Å². The van der Waals surface area contributed by atoms with Crippen LogP contribution in [0.2, 0.25) is 19.1 Å². The number of ether oxygens (including phenoxy) is 1. The van der Waals surface area contributed by atoms with Crippen molar-refractivity contribution in [3.05, 3.63) is 73.0 Å². The number of rotatable bonds is 6. The predicted molar refractivity (Wildman–Crippen MR) is 134 cm³/mol. The van der Waals surface area contributed by atoms with Gasteiger partial charge in [0.1, 0.15) is 23.2 Å². The molecule has 5 rings (SSSR count). The molecule has 2 N–H and O–H groups in total. The summed E-state index contributed by atoms with van der Waals surface area (Å²) >= 11 is 0. The highest BCUT2D eigenvalue weighted by Crippen LogP contribution is 2.36. The van der Waals surface area contributed by atoms with Crippen LogP contribution >= 0.6 is 0 Å². The van der Waals surface area contributed by atoms with E-state index in [1.807, 2.05) is 10.6 Å². The van der Waals surface area contributed by atoms with Crippen LogP contribution in [0.5, 0.6) is 0 Å². The Morgan fingerprint density at radius 3 is 2.91 bits per heavy atom. The Labute approximate surface area is 203 Å². The normalized spacial score (nSPS) is 20.7. The number of aryl methyl sites for hydroxylation is 1. The number of nitrogens with zero attached hydrogens (tertiary/aromatic N) is 5. The molecule has 1 atom stereocenters. The first-order valence-electron chi connectivity index (χ1n) is 11.9. The average molecular weight is 492 g/mol. The van der Waals surface area contributed by atoms with Crippen LogP contribution in [0.3, 0.4) is 0 Å². The number of aliphatic hydroxyl groups is 2. The summed E-state index contributed by atoms with van der Waals surface area (Å²) in [5.41, 5.74) is 12.9. The molecule has 1 aliphatic carbocycles. The second-order valence-corrected chi connectivity index (χ2v) is 15.5. The van der Waals surface area contributed by atoms with Crippen molar-refractivity contribution in [1.29, 1.82) is 0 Å². The Morgan fingerprint density at radius 1 is 1.37 bits per heavy atom. The topological polar surface area (TPSA) is 133 Å². The van der Waals surface area contributed by atoms with Crippen LogP contribution in [0.4, 0.5) is 0 Å². The smallest absolute Gasteiger partial charge is 0.342 e. The fourth-order valence-corrected chi connectivity index (χ4v) is 6.87. The molecule has 1 aromatic carbocycles. The number of aromatic nitrogens is 2. The fourth-order valence-electron chi connectivity index (χ4n) is 5.32. The molecule has 0 radical (unpaired) electrons. The molecule has 0 unspecified atom stereocenters. The van der Waals surface area contributed by atoms with E-state index in [0.717, 1.165) is 23.5 Å². The molecule has 0 bridgehead atoms. The zero-order valence-electron chi connectivity index (χ0n) is 20.2. The first kappa shape index (κ1) is 23.4. The molecular weight excluding hydrogens is 462 g/mol. The van der Waals surface area contributed by atoms with E-state index >= 15 is 0 Å². The summed E-state index contributed by atoms with van der Waals surface area (Å²) in [6, 6.07) is 7.28. The van der Waals surface area contributed by atoms with Gasteiger partial charge in [0, 0.05) is 23.1 Å². The summed E-state index contributed by atoms with van der Waals surface area (Å²) < 4.78 is 7.25. The standard InChI is InChI=1S/C25H29N5O4Si/c1-4-25(33)19-11-20-22(23(31)18(19)13-34-24(25)32)30-12-17-15(8-9-35(2,3)14-27-29-26)6-5-7-16(17)10-21(30)28-20/h5-7,10,31,33H,4,8-9,11-14H2,1-3H3/t25-/m0/s1. The molecule has 0 spiro atoms. The first-order valence-corrected chi connectivity index (χ1v) is 15.3. The Hall–Kier alpha value is -3.33. The Balaban J connectivity index is 1.55. The maximum atomic E-state index is 12.3. The van der Waals surface area contributed by atoms with E-state index in [1.54, 1.807) is 6.92 Å². The summed E-state index contributed by atoms with van der Waals surface area (Å²) in [6.45, 7) is 6.71. The summed E-state index contributed by atoms with van der Waals surface area (Å²) in [7, 11) is -1.65. The lowest BCUT2D eigenvalue weighted by Gasteiger charge is -2.35. The molecule has 3 heterocycles. The van der Waals surface area contributed by atoms with Crippen molar-refractivity contribution < 1.29 is 19.7 Å². The van der Waals surface area contributed by atoms with Crippen LogP contribution in [-0.4, -0.2) is 52.2 Å². The van der Waals surface area contributed by atoms with Gasteiger partial charge in [0.15, 0.2) is 5.60 Å². The van der Waals surface area contributed by atoms with Gasteiger partial charge in [0.2, 0.25) is 0 Å². The second kappa shape index (κ2) is 8.41. The quantitative estimate of drug-likeness (QED) is 0.180. The number of carbonyl (C=O) groups is 1. The number of hydrogen-bond donors (Lipinski definition) is 2. The number of esters is 1. The SMILES string of the molecule is CC[C@@]1(O)C(=O)OCC2=C1Cc1nc3n(c1=C2O)Cc1c(cccc1CC[Si](C)(C)CN=[N+]=[N-])C=3. The van der Waals surface area contributed by atoms with Gasteiger partial charge in [0.05, 0.1) is 20.3 Å². The third kappa shape index (κ3) is 3.78. The van der Waals surface area contributed by atoms with Crippen LogP contribution < -0.4 is 10.8 Å². The van der Waals surface area contributed by atoms with E-state index in [2.05, 4.69) is 41.3 Å². The third-order valence-electron chi connectivity index (χ3n) is 7.53. The van der Waals surface area contributed by atoms with Crippen LogP contribution in [0.15, 0.2) is 34.5 Å². The number of azide groups is 1. The van der Waals surface area contributed by atoms with Gasteiger partial charge in [-0.25, -0.2) is 9.78 Å². The van der Waals surface area contributed by atoms with Crippen molar-refractivity contribution in [1.82, 2.24) is 9.55 Å². The zero-order valence-corrected chi connectivity index (χ0v) is 21.2. The summed E-state index contributed by atoms with van der Waals surface area (Å²) in [6.07, 6.45) is 3.97. The van der Waals surface area contributed by atoms with Gasteiger partial charge < -0.3 is 19.5 Å². The fraction of sp³-hybridized carbons (Fsp3) is 0.440. The molecule has 182 valence electrons. The Bertz CT molecular complexity index is 1450. The third-order valence-corrected chi connectivity index (χ3v) is 10.1. The molecule has 2 aromatic rings. The van der Waals surface area contributed by atoms with Crippen molar-refractivity contribution in [2.75, 3.05) is 12.8 Å². The van der Waals surface area contributed by atoms with Gasteiger partial charge in [-0.2, -0.15) is 0 Å². The number of imidazole rings is 1. The molecule has 1 aromatic heterocycles. The van der Waals surface area contributed by atoms with Gasteiger partial charge >= 0.3 is 5.97 Å². The number of aliphatic hydroxyl groups excluding tert-OH is 1. The van der Waals surface area contributed by atoms with Crippen LogP contribution in [-0.2, 0) is 28.9 Å². The zero-order chi connectivity index (χ0) is 25.0. The van der Waals surface area contributed by atoms with E-state index < -0.39 is 19.6 Å². The number of hydrogen-bond acceptors (Lipinski definition) is 6. The molecule has 0 saturated heterocycles. The van der Waals surface area contributed by atoms with Gasteiger partial charge in [0.25, 0.3) is 0 Å². The summed E-state index contributed by atoms with van der Waals surface area (Å²) in [5.74, 6) is -0.647. The molecular formula is C25H29N5O4Si. The average Bonchev–Trinajstić information content (AvgIpc) is 3.20. The maximum Gasteiger partial charge on any atom is 0.342 e. The maximum absolute atomic E-state index is 12.3. The second-order valence-electron chi connectivity index (χ2n) is 10.3. The van der Waals surface area contributed by atoms with E-state index in [9.17, 15) is 15.0 Å². The number of benzene rings is 1. The van der Waals surface area contributed by atoms with E-state index in [0.29, 0.717) is 41.3 Å². The monoisotopic (exact) mass is 491 g/mol. The minimum Gasteiger partial charge on any atom is -0.505 e. The van der Waals surface area contributed by atoms with E-state index in [-0.39, 0.29) is 18.8 Å². The Morgan fingerprint density at radius 2 is 2.17 bits per heavy atom.